The number of rotatable bonds is 3. The van der Waals surface area contributed by atoms with E-state index in [0.29, 0.717) is 5.88 Å². The lowest BCUT2D eigenvalue weighted by Gasteiger charge is -2.18. The van der Waals surface area contributed by atoms with Gasteiger partial charge in [-0.15, -0.1) is 34.8 Å². The lowest BCUT2D eigenvalue weighted by Crippen LogP contribution is -2.16. The van der Waals surface area contributed by atoms with Crippen molar-refractivity contribution in [3.63, 3.8) is 0 Å². The molecule has 1 aromatic rings. The molecule has 0 atom stereocenters. The summed E-state index contributed by atoms with van der Waals surface area (Å²) < 4.78 is 13.7. The first-order chi connectivity index (χ1) is 7.81. The van der Waals surface area contributed by atoms with Gasteiger partial charge in [0.2, 0.25) is 0 Å². The number of hydrogen-bond acceptors (Lipinski definition) is 5. The van der Waals surface area contributed by atoms with Crippen LogP contribution in [-0.4, -0.2) is 33.8 Å². The van der Waals surface area contributed by atoms with Gasteiger partial charge < -0.3 is 9.64 Å². The Hall–Kier alpha value is -1.07. The molecule has 0 spiro atoms. The second-order valence-electron chi connectivity index (χ2n) is 3.36. The van der Waals surface area contributed by atoms with E-state index in [1.54, 1.807) is 0 Å². The molecule has 0 unspecified atom stereocenters. The Bertz CT molecular complexity index is 475. The van der Waals surface area contributed by atoms with Crippen LogP contribution in [0.5, 0.6) is 5.88 Å². The number of terminal acetylenes is 1. The molecule has 0 aliphatic carbocycles. The van der Waals surface area contributed by atoms with Crippen LogP contribution >= 0.6 is 35.7 Å². The molecule has 0 saturated heterocycles. The smallest absolute Gasteiger partial charge is 0.254 e. The van der Waals surface area contributed by atoms with E-state index in [9.17, 15) is 0 Å². The van der Waals surface area contributed by atoms with Crippen molar-refractivity contribution in [3.05, 3.63) is 24.0 Å². The van der Waals surface area contributed by atoms with Crippen molar-refractivity contribution in [1.29, 1.82) is 0 Å². The molecule has 1 aliphatic rings. The maximum Gasteiger partial charge on any atom is 0.254 e. The van der Waals surface area contributed by atoms with E-state index in [0.717, 1.165) is 29.5 Å². The molecule has 1 aliphatic heterocycles. The average Bonchev–Trinajstić information content (AvgIpc) is 2.74. The van der Waals surface area contributed by atoms with Crippen LogP contribution in [0.1, 0.15) is 5.69 Å². The second-order valence-corrected chi connectivity index (χ2v) is 3.89. The molecule has 4 nitrogen and oxygen atoms in total. The lowest BCUT2D eigenvalue weighted by molar-refractivity contribution is 0.357. The van der Waals surface area contributed by atoms with Crippen LogP contribution in [0.3, 0.4) is 0 Å². The van der Waals surface area contributed by atoms with Gasteiger partial charge in [-0.25, -0.2) is 0 Å². The minimum atomic E-state index is 0. The van der Waals surface area contributed by atoms with Gasteiger partial charge in [0, 0.05) is 19.2 Å². The van der Waals surface area contributed by atoms with E-state index in [1.807, 2.05) is 25.4 Å². The van der Waals surface area contributed by atoms with Gasteiger partial charge in [0.05, 0.1) is 11.7 Å². The highest BCUT2D eigenvalue weighted by molar-refractivity contribution is 14.0. The number of ether oxygens (including phenoxy) is 1. The quantitative estimate of drug-likeness (QED) is 0.610. The average molecular weight is 361 g/mol. The summed E-state index contributed by atoms with van der Waals surface area (Å²) in [6, 6.07) is 0. The number of halogens is 1. The highest BCUT2D eigenvalue weighted by Gasteiger charge is 2.16. The molecule has 0 fully saturated rings. The zero-order valence-electron chi connectivity index (χ0n) is 9.29. The third-order valence-corrected chi connectivity index (χ3v) is 2.62. The fraction of sp³-hybridized carbons (Fsp3) is 0.273. The Labute approximate surface area is 122 Å². The van der Waals surface area contributed by atoms with Gasteiger partial charge in [0.15, 0.2) is 6.61 Å². The lowest BCUT2D eigenvalue weighted by atomic mass is 10.1. The van der Waals surface area contributed by atoms with Gasteiger partial charge in [-0.05, 0) is 12.3 Å². The van der Waals surface area contributed by atoms with Crippen LogP contribution < -0.4 is 4.74 Å². The van der Waals surface area contributed by atoms with Crippen molar-refractivity contribution >= 4 is 41.3 Å². The molecule has 2 heterocycles. The molecule has 0 bridgehead atoms. The maximum atomic E-state index is 5.33. The molecular formula is C11H12IN3OS. The summed E-state index contributed by atoms with van der Waals surface area (Å²) in [5.74, 6) is 2.94. The summed E-state index contributed by atoms with van der Waals surface area (Å²) in [4.78, 5) is 2.07. The zero-order chi connectivity index (χ0) is 11.4. The summed E-state index contributed by atoms with van der Waals surface area (Å²) in [5, 5.41) is 0. The molecule has 1 aromatic heterocycles. The highest BCUT2D eigenvalue weighted by Crippen LogP contribution is 2.25. The molecule has 0 N–H and O–H groups in total. The first kappa shape index (κ1) is 14.0. The fourth-order valence-corrected chi connectivity index (χ4v) is 1.95. The Morgan fingerprint density at radius 2 is 2.41 bits per heavy atom. The van der Waals surface area contributed by atoms with Gasteiger partial charge in [0.1, 0.15) is 5.69 Å². The number of aromatic nitrogens is 2. The van der Waals surface area contributed by atoms with Crippen LogP contribution in [0.25, 0.3) is 5.57 Å². The van der Waals surface area contributed by atoms with Crippen LogP contribution in [0.4, 0.5) is 0 Å². The molecule has 17 heavy (non-hydrogen) atoms. The third kappa shape index (κ3) is 3.44. The Kier molecular flexibility index (Phi) is 5.44. The van der Waals surface area contributed by atoms with Crippen molar-refractivity contribution in [2.45, 2.75) is 0 Å². The standard InChI is InChI=1S/C11H11N3OS.HI/c1-3-7-15-11-10(12-16-13-11)9-5-4-6-14(2)8-9;/h1,4-6H,7-8H2,2H3;1H. The molecule has 2 rings (SSSR count). The van der Waals surface area contributed by atoms with Gasteiger partial charge in [-0.3, -0.25) is 0 Å². The minimum absolute atomic E-state index is 0. The Morgan fingerprint density at radius 1 is 1.59 bits per heavy atom. The van der Waals surface area contributed by atoms with Crippen molar-refractivity contribution in [2.24, 2.45) is 0 Å². The fourth-order valence-electron chi connectivity index (χ4n) is 1.42. The monoisotopic (exact) mass is 361 g/mol. The number of nitrogens with zero attached hydrogens (tertiary/aromatic N) is 3. The molecule has 6 heteroatoms. The summed E-state index contributed by atoms with van der Waals surface area (Å²) >= 11 is 1.13. The number of likely N-dealkylation sites (N-methyl/N-ethyl adjacent to an activating group) is 1. The summed E-state index contributed by atoms with van der Waals surface area (Å²) in [6.45, 7) is 1.02. The third-order valence-electron chi connectivity index (χ3n) is 2.11. The maximum absolute atomic E-state index is 5.33. The van der Waals surface area contributed by atoms with Crippen LogP contribution in [0.2, 0.25) is 0 Å². The van der Waals surface area contributed by atoms with Crippen LogP contribution in [-0.2, 0) is 0 Å². The predicted octanol–water partition coefficient (Wildman–Crippen LogP) is 2.01. The van der Waals surface area contributed by atoms with Crippen LogP contribution in [0, 0.1) is 12.3 Å². The Morgan fingerprint density at radius 3 is 3.12 bits per heavy atom. The van der Waals surface area contributed by atoms with Gasteiger partial charge >= 0.3 is 0 Å². The van der Waals surface area contributed by atoms with Crippen molar-refractivity contribution in [2.75, 3.05) is 20.2 Å². The predicted molar refractivity (Wildman–Crippen MR) is 79.4 cm³/mol. The molecule has 0 radical (unpaired) electrons. The van der Waals surface area contributed by atoms with E-state index in [2.05, 4.69) is 19.6 Å². The highest BCUT2D eigenvalue weighted by atomic mass is 127. The summed E-state index contributed by atoms with van der Waals surface area (Å²) in [6.07, 6.45) is 11.1. The Balaban J connectivity index is 0.00000144. The summed E-state index contributed by atoms with van der Waals surface area (Å²) in [7, 11) is 2.01. The zero-order valence-corrected chi connectivity index (χ0v) is 12.4. The first-order valence-electron chi connectivity index (χ1n) is 4.78. The molecular weight excluding hydrogens is 349 g/mol. The molecule has 0 amide bonds. The number of allylic oxidation sites excluding steroid dienone is 2. The number of hydrogen-bond donors (Lipinski definition) is 0. The minimum Gasteiger partial charge on any atom is -0.462 e. The van der Waals surface area contributed by atoms with Crippen molar-refractivity contribution in [3.8, 4) is 18.2 Å². The SMILES string of the molecule is C#CCOc1nsnc1C1=CC=CN(C)C1.I. The van der Waals surface area contributed by atoms with E-state index in [4.69, 9.17) is 11.2 Å². The van der Waals surface area contributed by atoms with Gasteiger partial charge in [0.25, 0.3) is 5.88 Å². The molecule has 90 valence electrons. The van der Waals surface area contributed by atoms with E-state index < -0.39 is 0 Å². The molecule has 0 aromatic carbocycles. The van der Waals surface area contributed by atoms with Gasteiger partial charge in [-0.1, -0.05) is 12.0 Å². The molecule has 0 saturated carbocycles. The normalized spacial score (nSPS) is 13.6. The van der Waals surface area contributed by atoms with Crippen LogP contribution in [0.15, 0.2) is 18.4 Å². The van der Waals surface area contributed by atoms with Crippen molar-refractivity contribution in [1.82, 2.24) is 13.6 Å². The van der Waals surface area contributed by atoms with E-state index in [-0.39, 0.29) is 30.6 Å². The second kappa shape index (κ2) is 6.61. The van der Waals surface area contributed by atoms with Gasteiger partial charge in [-0.2, -0.15) is 4.37 Å². The summed E-state index contributed by atoms with van der Waals surface area (Å²) in [5.41, 5.74) is 1.88. The van der Waals surface area contributed by atoms with E-state index in [1.165, 1.54) is 0 Å². The first-order valence-corrected chi connectivity index (χ1v) is 5.51. The van der Waals surface area contributed by atoms with E-state index >= 15 is 0 Å². The largest absolute Gasteiger partial charge is 0.462 e. The van der Waals surface area contributed by atoms with Crippen molar-refractivity contribution < 1.29 is 4.74 Å². The topological polar surface area (TPSA) is 38.3 Å².